The van der Waals surface area contributed by atoms with Crippen molar-refractivity contribution in [2.24, 2.45) is 12.0 Å². The lowest BCUT2D eigenvalue weighted by molar-refractivity contribution is 0.0992. The zero-order valence-electron chi connectivity index (χ0n) is 14.4. The van der Waals surface area contributed by atoms with Gasteiger partial charge in [-0.05, 0) is 32.6 Å². The second kappa shape index (κ2) is 7.29. The lowest BCUT2D eigenvalue weighted by Gasteiger charge is -2.23. The van der Waals surface area contributed by atoms with Crippen LogP contribution in [0.25, 0.3) is 0 Å². The quantitative estimate of drug-likeness (QED) is 0.469. The number of nitrogens with zero attached hydrogens (tertiary/aromatic N) is 4. The average molecular weight is 320 g/mol. The van der Waals surface area contributed by atoms with Crippen molar-refractivity contribution < 1.29 is 4.74 Å². The largest absolute Gasteiger partial charge is 0.373 e. The predicted molar refractivity (Wildman–Crippen MR) is 89.2 cm³/mol. The molecule has 3 rings (SSSR count). The summed E-state index contributed by atoms with van der Waals surface area (Å²) in [5.74, 6) is 2.65. The lowest BCUT2D eigenvalue weighted by Crippen LogP contribution is -2.47. The molecule has 0 aromatic carbocycles. The maximum Gasteiger partial charge on any atom is 0.192 e. The van der Waals surface area contributed by atoms with E-state index < -0.39 is 0 Å². The highest BCUT2D eigenvalue weighted by Crippen LogP contribution is 2.34. The van der Waals surface area contributed by atoms with Gasteiger partial charge in [0, 0.05) is 13.6 Å². The van der Waals surface area contributed by atoms with Gasteiger partial charge in [-0.2, -0.15) is 0 Å². The van der Waals surface area contributed by atoms with Crippen molar-refractivity contribution in [2.45, 2.75) is 70.7 Å². The standard InChI is InChI=1S/C16H28N6O/c1-4-5-8-17-16(18-10-15-21-20-11(2)22(15)3)19-13-9-12-6-7-14(13)23-12/h12-14H,4-10H2,1-3H3,(H2,17,18,19). The van der Waals surface area contributed by atoms with Crippen LogP contribution in [0.2, 0.25) is 0 Å². The van der Waals surface area contributed by atoms with Crippen LogP contribution in [-0.2, 0) is 18.3 Å². The van der Waals surface area contributed by atoms with E-state index in [1.54, 1.807) is 0 Å². The van der Waals surface area contributed by atoms with Crippen LogP contribution in [0.5, 0.6) is 0 Å². The van der Waals surface area contributed by atoms with Gasteiger partial charge in [0.05, 0.1) is 18.2 Å². The highest BCUT2D eigenvalue weighted by atomic mass is 16.5. The van der Waals surface area contributed by atoms with Crippen molar-refractivity contribution in [3.8, 4) is 0 Å². The van der Waals surface area contributed by atoms with Gasteiger partial charge in [-0.1, -0.05) is 13.3 Å². The smallest absolute Gasteiger partial charge is 0.192 e. The summed E-state index contributed by atoms with van der Waals surface area (Å²) in [7, 11) is 1.97. The molecule has 2 saturated heterocycles. The van der Waals surface area contributed by atoms with Crippen LogP contribution in [0.4, 0.5) is 0 Å². The number of aromatic nitrogens is 3. The number of nitrogens with one attached hydrogen (secondary N) is 2. The number of hydrogen-bond donors (Lipinski definition) is 2. The Hall–Kier alpha value is -1.63. The summed E-state index contributed by atoms with van der Waals surface area (Å²) in [6, 6.07) is 0.378. The molecule has 7 heteroatoms. The first-order valence-electron chi connectivity index (χ1n) is 8.72. The Morgan fingerprint density at radius 1 is 1.39 bits per heavy atom. The average Bonchev–Trinajstić information content (AvgIpc) is 3.23. The molecule has 3 heterocycles. The van der Waals surface area contributed by atoms with Crippen molar-refractivity contribution in [1.82, 2.24) is 25.4 Å². The van der Waals surface area contributed by atoms with Crippen LogP contribution in [0.3, 0.4) is 0 Å². The van der Waals surface area contributed by atoms with Crippen LogP contribution in [-0.4, -0.2) is 45.5 Å². The van der Waals surface area contributed by atoms with Gasteiger partial charge in [0.2, 0.25) is 0 Å². The van der Waals surface area contributed by atoms with E-state index in [0.717, 1.165) is 43.4 Å². The topological polar surface area (TPSA) is 76.4 Å². The highest BCUT2D eigenvalue weighted by molar-refractivity contribution is 5.80. The summed E-state index contributed by atoms with van der Waals surface area (Å²) in [5.41, 5.74) is 0. The molecule has 1 aromatic heterocycles. The Kier molecular flexibility index (Phi) is 5.15. The molecule has 7 nitrogen and oxygen atoms in total. The molecular weight excluding hydrogens is 292 g/mol. The second-order valence-electron chi connectivity index (χ2n) is 6.53. The number of hydrogen-bond acceptors (Lipinski definition) is 4. The monoisotopic (exact) mass is 320 g/mol. The Morgan fingerprint density at radius 3 is 2.87 bits per heavy atom. The third-order valence-corrected chi connectivity index (χ3v) is 4.81. The molecule has 2 fully saturated rings. The van der Waals surface area contributed by atoms with Gasteiger partial charge in [0.1, 0.15) is 12.4 Å². The molecule has 128 valence electrons. The molecule has 2 N–H and O–H groups in total. The molecule has 3 atom stereocenters. The Balaban J connectivity index is 1.62. The molecule has 2 aliphatic rings. The molecule has 3 unspecified atom stereocenters. The number of aryl methyl sites for hydroxylation is 1. The van der Waals surface area contributed by atoms with E-state index in [4.69, 9.17) is 9.73 Å². The minimum absolute atomic E-state index is 0.343. The molecule has 1 aromatic rings. The van der Waals surface area contributed by atoms with Gasteiger partial charge >= 0.3 is 0 Å². The fraction of sp³-hybridized carbons (Fsp3) is 0.812. The fourth-order valence-electron chi connectivity index (χ4n) is 3.24. The Morgan fingerprint density at radius 2 is 2.26 bits per heavy atom. The number of fused-ring (bicyclic) bond motifs is 2. The zero-order chi connectivity index (χ0) is 16.2. The molecule has 2 bridgehead atoms. The minimum Gasteiger partial charge on any atom is -0.373 e. The van der Waals surface area contributed by atoms with Crippen molar-refractivity contribution in [3.05, 3.63) is 11.6 Å². The van der Waals surface area contributed by atoms with E-state index in [9.17, 15) is 0 Å². The zero-order valence-corrected chi connectivity index (χ0v) is 14.4. The van der Waals surface area contributed by atoms with Gasteiger partial charge in [-0.25, -0.2) is 4.99 Å². The minimum atomic E-state index is 0.343. The number of guanidine groups is 1. The van der Waals surface area contributed by atoms with Gasteiger partial charge < -0.3 is 19.9 Å². The normalized spacial score (nSPS) is 26.7. The number of aliphatic imine (C=N–C) groups is 1. The van der Waals surface area contributed by atoms with Crippen LogP contribution in [0.15, 0.2) is 4.99 Å². The maximum atomic E-state index is 5.92. The van der Waals surface area contributed by atoms with E-state index in [1.165, 1.54) is 12.8 Å². The third kappa shape index (κ3) is 3.83. The van der Waals surface area contributed by atoms with Gasteiger partial charge in [0.15, 0.2) is 11.8 Å². The molecule has 0 amide bonds. The second-order valence-corrected chi connectivity index (χ2v) is 6.53. The summed E-state index contributed by atoms with van der Waals surface area (Å²) in [5, 5.41) is 15.3. The van der Waals surface area contributed by atoms with Crippen LogP contribution < -0.4 is 10.6 Å². The molecule has 23 heavy (non-hydrogen) atoms. The van der Waals surface area contributed by atoms with Gasteiger partial charge in [-0.15, -0.1) is 10.2 Å². The molecule has 0 saturated carbocycles. The molecule has 0 aliphatic carbocycles. The summed E-state index contributed by atoms with van der Waals surface area (Å²) in [6.07, 6.45) is 6.54. The lowest BCUT2D eigenvalue weighted by atomic mass is 9.96. The summed E-state index contributed by atoms with van der Waals surface area (Å²) in [6.45, 7) is 5.60. The molecule has 0 spiro atoms. The van der Waals surface area contributed by atoms with Crippen molar-refractivity contribution in [3.63, 3.8) is 0 Å². The maximum absolute atomic E-state index is 5.92. The third-order valence-electron chi connectivity index (χ3n) is 4.81. The first-order chi connectivity index (χ1) is 11.2. The van der Waals surface area contributed by atoms with E-state index in [0.29, 0.717) is 24.8 Å². The Labute approximate surface area is 137 Å². The number of ether oxygens (including phenoxy) is 1. The van der Waals surface area contributed by atoms with E-state index >= 15 is 0 Å². The van der Waals surface area contributed by atoms with Crippen LogP contribution >= 0.6 is 0 Å². The molecule has 0 radical (unpaired) electrons. The van der Waals surface area contributed by atoms with Crippen LogP contribution in [0.1, 0.15) is 50.7 Å². The summed E-state index contributed by atoms with van der Waals surface area (Å²) >= 11 is 0. The predicted octanol–water partition coefficient (Wildman–Crippen LogP) is 1.28. The number of rotatable bonds is 6. The van der Waals surface area contributed by atoms with E-state index in [-0.39, 0.29) is 0 Å². The highest BCUT2D eigenvalue weighted by Gasteiger charge is 2.41. The van der Waals surface area contributed by atoms with Gasteiger partial charge in [0.25, 0.3) is 0 Å². The van der Waals surface area contributed by atoms with E-state index in [2.05, 4.69) is 27.8 Å². The van der Waals surface area contributed by atoms with Gasteiger partial charge in [-0.3, -0.25) is 0 Å². The SMILES string of the molecule is CCCCNC(=NCc1nnc(C)n1C)NC1CC2CCC1O2. The molecular formula is C16H28N6O. The van der Waals surface area contributed by atoms with E-state index in [1.807, 2.05) is 18.5 Å². The first-order valence-corrected chi connectivity index (χ1v) is 8.72. The fourth-order valence-corrected chi connectivity index (χ4v) is 3.24. The van der Waals surface area contributed by atoms with Crippen molar-refractivity contribution in [1.29, 1.82) is 0 Å². The number of unbranched alkanes of at least 4 members (excludes halogenated alkanes) is 1. The van der Waals surface area contributed by atoms with Crippen LogP contribution in [0, 0.1) is 6.92 Å². The van der Waals surface area contributed by atoms with Crippen molar-refractivity contribution in [2.75, 3.05) is 6.54 Å². The Bertz CT molecular complexity index is 555. The van der Waals surface area contributed by atoms with Crippen molar-refractivity contribution >= 4 is 5.96 Å². The summed E-state index contributed by atoms with van der Waals surface area (Å²) < 4.78 is 7.90. The molecule has 2 aliphatic heterocycles. The summed E-state index contributed by atoms with van der Waals surface area (Å²) in [4.78, 5) is 4.70. The first kappa shape index (κ1) is 16.2.